The monoisotopic (exact) mass is 300 g/mol. The molecule has 1 aliphatic rings. The molecule has 2 rings (SSSR count). The Morgan fingerprint density at radius 1 is 1.47 bits per heavy atom. The van der Waals surface area contributed by atoms with Crippen LogP contribution in [-0.4, -0.2) is 32.0 Å². The minimum atomic E-state index is 0.0210. The van der Waals surface area contributed by atoms with Crippen molar-refractivity contribution in [2.45, 2.75) is 18.6 Å². The van der Waals surface area contributed by atoms with Gasteiger partial charge in [0.2, 0.25) is 0 Å². The van der Waals surface area contributed by atoms with Crippen LogP contribution in [-0.2, 0) is 15.9 Å². The average Bonchev–Trinajstić information content (AvgIpc) is 2.37. The first-order chi connectivity index (χ1) is 8.29. The molecule has 1 heterocycles. The van der Waals surface area contributed by atoms with Crippen LogP contribution < -0.4 is 11.3 Å². The van der Waals surface area contributed by atoms with Crippen LogP contribution in [0.25, 0.3) is 0 Å². The van der Waals surface area contributed by atoms with Gasteiger partial charge in [0.1, 0.15) is 0 Å². The number of hydrazine groups is 1. The van der Waals surface area contributed by atoms with Gasteiger partial charge in [-0.25, -0.2) is 0 Å². The highest BCUT2D eigenvalue weighted by molar-refractivity contribution is 9.10. The Hall–Kier alpha value is -0.460. The number of benzene rings is 1. The summed E-state index contributed by atoms with van der Waals surface area (Å²) in [4.78, 5) is 0. The van der Waals surface area contributed by atoms with Gasteiger partial charge < -0.3 is 9.47 Å². The van der Waals surface area contributed by atoms with Crippen LogP contribution in [0, 0.1) is 0 Å². The zero-order chi connectivity index (χ0) is 12.1. The van der Waals surface area contributed by atoms with Crippen LogP contribution in [0.1, 0.15) is 5.56 Å². The molecular formula is C12H17BrN2O2. The first-order valence-electron chi connectivity index (χ1n) is 5.69. The van der Waals surface area contributed by atoms with Crippen molar-refractivity contribution in [1.82, 2.24) is 5.43 Å². The second-order valence-corrected chi connectivity index (χ2v) is 5.01. The van der Waals surface area contributed by atoms with Crippen LogP contribution in [0.2, 0.25) is 0 Å². The summed E-state index contributed by atoms with van der Waals surface area (Å²) in [6.07, 6.45) is 0.844. The lowest BCUT2D eigenvalue weighted by Crippen LogP contribution is -2.50. The van der Waals surface area contributed by atoms with E-state index in [0.717, 1.165) is 10.9 Å². The fourth-order valence-corrected chi connectivity index (χ4v) is 2.40. The third kappa shape index (κ3) is 3.76. The Balaban J connectivity index is 1.98. The number of rotatable bonds is 4. The van der Waals surface area contributed by atoms with E-state index < -0.39 is 0 Å². The molecule has 0 amide bonds. The number of hydrogen-bond acceptors (Lipinski definition) is 4. The highest BCUT2D eigenvalue weighted by Gasteiger charge is 2.24. The Bertz CT molecular complexity index is 356. The molecule has 1 aromatic carbocycles. The second-order valence-electron chi connectivity index (χ2n) is 4.09. The van der Waals surface area contributed by atoms with E-state index in [1.807, 2.05) is 12.1 Å². The molecule has 1 aliphatic heterocycles. The van der Waals surface area contributed by atoms with Gasteiger partial charge in [-0.15, -0.1) is 0 Å². The number of nitrogens with two attached hydrogens (primary N) is 1. The predicted octanol–water partition coefficient (Wildman–Crippen LogP) is 1.24. The summed E-state index contributed by atoms with van der Waals surface area (Å²) in [5.74, 6) is 5.59. The van der Waals surface area contributed by atoms with Crippen molar-refractivity contribution in [2.24, 2.45) is 5.84 Å². The summed E-state index contributed by atoms with van der Waals surface area (Å²) in [5.41, 5.74) is 4.04. The number of nitrogens with one attached hydrogen (secondary N) is 1. The van der Waals surface area contributed by atoms with Gasteiger partial charge in [0.25, 0.3) is 0 Å². The van der Waals surface area contributed by atoms with Crippen LogP contribution in [0.3, 0.4) is 0 Å². The van der Waals surface area contributed by atoms with Crippen LogP contribution in [0.4, 0.5) is 0 Å². The third-order valence-corrected chi connectivity index (χ3v) is 3.34. The lowest BCUT2D eigenvalue weighted by Gasteiger charge is -2.30. The SMILES string of the molecule is NNC(Cc1cccc(Br)c1)C1COCCO1. The number of halogens is 1. The summed E-state index contributed by atoms with van der Waals surface area (Å²) in [5, 5.41) is 0. The normalized spacial score (nSPS) is 22.4. The predicted molar refractivity (Wildman–Crippen MR) is 69.5 cm³/mol. The molecule has 5 heteroatoms. The van der Waals surface area contributed by atoms with Crippen molar-refractivity contribution >= 4 is 15.9 Å². The van der Waals surface area contributed by atoms with Gasteiger partial charge in [-0.2, -0.15) is 0 Å². The van der Waals surface area contributed by atoms with E-state index in [1.54, 1.807) is 0 Å². The van der Waals surface area contributed by atoms with Gasteiger partial charge >= 0.3 is 0 Å². The molecule has 4 nitrogen and oxygen atoms in total. The van der Waals surface area contributed by atoms with Crippen molar-refractivity contribution in [1.29, 1.82) is 0 Å². The third-order valence-electron chi connectivity index (χ3n) is 2.85. The Labute approximate surface area is 110 Å². The van der Waals surface area contributed by atoms with Gasteiger partial charge in [0.05, 0.1) is 32.0 Å². The molecule has 3 N–H and O–H groups in total. The van der Waals surface area contributed by atoms with Crippen LogP contribution in [0.5, 0.6) is 0 Å². The topological polar surface area (TPSA) is 56.5 Å². The summed E-state index contributed by atoms with van der Waals surface area (Å²) in [6.45, 7) is 1.91. The van der Waals surface area contributed by atoms with E-state index >= 15 is 0 Å². The average molecular weight is 301 g/mol. The van der Waals surface area contributed by atoms with Crippen LogP contribution >= 0.6 is 15.9 Å². The maximum atomic E-state index is 5.65. The molecular weight excluding hydrogens is 284 g/mol. The highest BCUT2D eigenvalue weighted by atomic mass is 79.9. The second kappa shape index (κ2) is 6.47. The van der Waals surface area contributed by atoms with E-state index in [2.05, 4.69) is 33.5 Å². The Morgan fingerprint density at radius 2 is 2.35 bits per heavy atom. The van der Waals surface area contributed by atoms with Gasteiger partial charge in [0.15, 0.2) is 0 Å². The molecule has 1 aromatic rings. The molecule has 0 bridgehead atoms. The zero-order valence-electron chi connectivity index (χ0n) is 9.56. The molecule has 17 heavy (non-hydrogen) atoms. The Kier molecular flexibility index (Phi) is 4.94. The smallest absolute Gasteiger partial charge is 0.0978 e. The fourth-order valence-electron chi connectivity index (χ4n) is 1.95. The van der Waals surface area contributed by atoms with Gasteiger partial charge in [-0.3, -0.25) is 11.3 Å². The molecule has 0 aliphatic carbocycles. The van der Waals surface area contributed by atoms with Gasteiger partial charge in [-0.1, -0.05) is 28.1 Å². The minimum Gasteiger partial charge on any atom is -0.376 e. The molecule has 0 radical (unpaired) electrons. The van der Waals surface area contributed by atoms with E-state index in [1.165, 1.54) is 5.56 Å². The molecule has 0 aromatic heterocycles. The summed E-state index contributed by atoms with van der Waals surface area (Å²) in [6, 6.07) is 8.27. The lowest BCUT2D eigenvalue weighted by molar-refractivity contribution is -0.101. The first-order valence-corrected chi connectivity index (χ1v) is 6.49. The van der Waals surface area contributed by atoms with Gasteiger partial charge in [-0.05, 0) is 24.1 Å². The van der Waals surface area contributed by atoms with Crippen molar-refractivity contribution in [3.05, 3.63) is 34.3 Å². The van der Waals surface area contributed by atoms with Gasteiger partial charge in [0, 0.05) is 4.47 Å². The van der Waals surface area contributed by atoms with Crippen molar-refractivity contribution < 1.29 is 9.47 Å². The standard InChI is InChI=1S/C12H17BrN2O2/c13-10-3-1-2-9(6-10)7-11(15-14)12-8-16-4-5-17-12/h1-3,6,11-12,15H,4-5,7-8,14H2. The fraction of sp³-hybridized carbons (Fsp3) is 0.500. The van der Waals surface area contributed by atoms with Crippen LogP contribution in [0.15, 0.2) is 28.7 Å². The highest BCUT2D eigenvalue weighted by Crippen LogP contribution is 2.15. The van der Waals surface area contributed by atoms with Crippen molar-refractivity contribution in [3.63, 3.8) is 0 Å². The first kappa shape index (κ1) is 13.0. The molecule has 1 saturated heterocycles. The largest absolute Gasteiger partial charge is 0.376 e. The Morgan fingerprint density at radius 3 is 3.00 bits per heavy atom. The van der Waals surface area contributed by atoms with Crippen molar-refractivity contribution in [2.75, 3.05) is 19.8 Å². The molecule has 1 fully saturated rings. The van der Waals surface area contributed by atoms with E-state index in [4.69, 9.17) is 15.3 Å². The maximum Gasteiger partial charge on any atom is 0.0978 e. The number of ether oxygens (including phenoxy) is 2. The lowest BCUT2D eigenvalue weighted by atomic mass is 10.0. The summed E-state index contributed by atoms with van der Waals surface area (Å²) in [7, 11) is 0. The summed E-state index contributed by atoms with van der Waals surface area (Å²) >= 11 is 3.46. The molecule has 2 atom stereocenters. The molecule has 2 unspecified atom stereocenters. The quantitative estimate of drug-likeness (QED) is 0.649. The zero-order valence-corrected chi connectivity index (χ0v) is 11.2. The number of hydrogen-bond donors (Lipinski definition) is 2. The van der Waals surface area contributed by atoms with E-state index in [-0.39, 0.29) is 12.1 Å². The van der Waals surface area contributed by atoms with Crippen molar-refractivity contribution in [3.8, 4) is 0 Å². The molecule has 0 spiro atoms. The summed E-state index contributed by atoms with van der Waals surface area (Å²) < 4.78 is 12.1. The molecule has 0 saturated carbocycles. The maximum absolute atomic E-state index is 5.65. The minimum absolute atomic E-state index is 0.0210. The molecule has 94 valence electrons. The van der Waals surface area contributed by atoms with E-state index in [9.17, 15) is 0 Å². The van der Waals surface area contributed by atoms with E-state index in [0.29, 0.717) is 19.8 Å².